The van der Waals surface area contributed by atoms with E-state index < -0.39 is 199 Å². The summed E-state index contributed by atoms with van der Waals surface area (Å²) >= 11 is 0. The quantitative estimate of drug-likeness (QED) is 0.0879. The first-order chi connectivity index (χ1) is 38.9. The van der Waals surface area contributed by atoms with Crippen molar-refractivity contribution in [1.29, 1.82) is 0 Å². The van der Waals surface area contributed by atoms with Crippen molar-refractivity contribution in [3.63, 3.8) is 0 Å². The van der Waals surface area contributed by atoms with E-state index in [9.17, 15) is 78.0 Å². The van der Waals surface area contributed by atoms with E-state index in [1.54, 1.807) is 18.7 Å². The minimum Gasteiger partial charge on any atom is -0.506 e. The number of carbonyl (C=O) groups excluding carboxylic acids is 12. The molecule has 1 unspecified atom stereocenters. The van der Waals surface area contributed by atoms with Crippen LogP contribution >= 0.6 is 0 Å². The predicted octanol–water partition coefficient (Wildman–Crippen LogP) is -6.52. The Morgan fingerprint density at radius 1 is 0.829 bits per heavy atom. The summed E-state index contributed by atoms with van der Waals surface area (Å²) in [4.78, 5) is 170. The number of nitrogens with zero attached hydrogens (tertiary/aromatic N) is 3. The Morgan fingerprint density at radius 2 is 1.49 bits per heavy atom. The molecule has 0 saturated carbocycles. The number of anilines is 1. The van der Waals surface area contributed by atoms with Crippen molar-refractivity contribution in [2.45, 2.75) is 125 Å². The Hall–Kier alpha value is -8.03. The molecule has 0 spiro atoms. The summed E-state index contributed by atoms with van der Waals surface area (Å²) in [6.45, 7) is 1.76. The highest BCUT2D eigenvalue weighted by molar-refractivity contribution is 7.85. The molecule has 6 heterocycles. The number of amides is 12. The van der Waals surface area contributed by atoms with E-state index in [4.69, 9.17) is 5.73 Å². The number of aromatic nitrogens is 1. The second kappa shape index (κ2) is 26.7. The topological polar surface area (TPSA) is 451 Å². The molecule has 1 aromatic heterocycles. The molecular formula is C51H69N13O17S. The van der Waals surface area contributed by atoms with Gasteiger partial charge in [0.15, 0.2) is 0 Å². The second-order valence-corrected chi connectivity index (χ2v) is 22.4. The highest BCUT2D eigenvalue weighted by Gasteiger charge is 2.45. The number of primary amides is 1. The maximum Gasteiger partial charge on any atom is 0.253 e. The van der Waals surface area contributed by atoms with Gasteiger partial charge in [0.1, 0.15) is 52.7 Å². The summed E-state index contributed by atoms with van der Waals surface area (Å²) in [5, 5.41) is 63.5. The second-order valence-electron chi connectivity index (χ2n) is 21.0. The Balaban J connectivity index is 1.35. The van der Waals surface area contributed by atoms with Gasteiger partial charge in [0.25, 0.3) is 11.8 Å². The highest BCUT2D eigenvalue weighted by atomic mass is 32.2. The molecule has 5 aliphatic rings. The van der Waals surface area contributed by atoms with Gasteiger partial charge in [0.05, 0.1) is 60.4 Å². The Morgan fingerprint density at radius 3 is 2.13 bits per heavy atom. The van der Waals surface area contributed by atoms with Gasteiger partial charge >= 0.3 is 0 Å². The number of rotatable bonds is 12. The summed E-state index contributed by atoms with van der Waals surface area (Å²) in [5.41, 5.74) is 5.83. The maximum absolute atomic E-state index is 15.3. The molecule has 30 nitrogen and oxygen atoms in total. The van der Waals surface area contributed by atoms with E-state index >= 15 is 4.21 Å². The molecule has 0 radical (unpaired) electrons. The number of nitrogens with one attached hydrogen (secondary N) is 9. The number of imide groups is 1. The van der Waals surface area contributed by atoms with Crippen molar-refractivity contribution in [3.8, 4) is 5.75 Å². The molecule has 82 heavy (non-hydrogen) atoms. The molecule has 0 aliphatic carbocycles. The molecule has 2 fully saturated rings. The van der Waals surface area contributed by atoms with Crippen LogP contribution < -0.4 is 53.2 Å². The van der Waals surface area contributed by atoms with Gasteiger partial charge in [-0.25, -0.2) is 0 Å². The summed E-state index contributed by atoms with van der Waals surface area (Å²) in [7, 11) is -2.53. The van der Waals surface area contributed by atoms with Gasteiger partial charge in [-0.05, 0) is 36.5 Å². The molecule has 11 atom stereocenters. The molecular weight excluding hydrogens is 1100 g/mol. The van der Waals surface area contributed by atoms with Crippen molar-refractivity contribution in [1.82, 2.24) is 57.3 Å². The average Bonchev–Trinajstić information content (AvgIpc) is 3.37. The van der Waals surface area contributed by atoms with E-state index in [1.165, 1.54) is 19.1 Å². The number of aliphatic hydroxyl groups is 3. The smallest absolute Gasteiger partial charge is 0.253 e. The Bertz CT molecular complexity index is 2930. The van der Waals surface area contributed by atoms with Crippen molar-refractivity contribution < 1.29 is 82.2 Å². The first-order valence-corrected chi connectivity index (χ1v) is 28.1. The number of hydrogen-bond acceptors (Lipinski definition) is 18. The van der Waals surface area contributed by atoms with Crippen LogP contribution in [0.4, 0.5) is 5.69 Å². The van der Waals surface area contributed by atoms with Crippen LogP contribution in [0, 0.1) is 11.8 Å². The van der Waals surface area contributed by atoms with Crippen LogP contribution in [0.25, 0.3) is 10.9 Å². The molecule has 2 aromatic rings. The zero-order valence-corrected chi connectivity index (χ0v) is 46.0. The lowest BCUT2D eigenvalue weighted by Crippen LogP contribution is -2.62. The van der Waals surface area contributed by atoms with E-state index in [1.807, 2.05) is 0 Å². The highest BCUT2D eigenvalue weighted by Crippen LogP contribution is 2.40. The number of aliphatic hydroxyl groups excluding tert-OH is 3. The fourth-order valence-corrected chi connectivity index (χ4v) is 11.9. The predicted molar refractivity (Wildman–Crippen MR) is 286 cm³/mol. The fourth-order valence-electron chi connectivity index (χ4n) is 10.5. The minimum absolute atomic E-state index is 0.00464. The Kier molecular flexibility index (Phi) is 20.1. The number of fused-ring (bicyclic) bond motifs is 5. The van der Waals surface area contributed by atoms with E-state index in [0.29, 0.717) is 19.3 Å². The number of phenolic OH excluding ortho intramolecular Hbond substituents is 1. The number of piperidine rings is 1. The summed E-state index contributed by atoms with van der Waals surface area (Å²) in [5.74, 6) is -14.2. The number of benzene rings is 1. The van der Waals surface area contributed by atoms with Crippen LogP contribution in [0.3, 0.4) is 0 Å². The van der Waals surface area contributed by atoms with Crippen LogP contribution in [-0.4, -0.2) is 216 Å². The largest absolute Gasteiger partial charge is 0.506 e. The molecule has 2 saturated heterocycles. The van der Waals surface area contributed by atoms with E-state index in [-0.39, 0.29) is 59.0 Å². The third-order valence-corrected chi connectivity index (χ3v) is 16.8. The summed E-state index contributed by atoms with van der Waals surface area (Å²) < 4.78 is 15.3. The van der Waals surface area contributed by atoms with Crippen LogP contribution in [0.15, 0.2) is 29.3 Å². The van der Waals surface area contributed by atoms with Crippen molar-refractivity contribution in [2.24, 2.45) is 17.6 Å². The number of H-pyrrole nitrogens is 1. The van der Waals surface area contributed by atoms with Crippen LogP contribution in [0.2, 0.25) is 0 Å². The van der Waals surface area contributed by atoms with Gasteiger partial charge in [0.2, 0.25) is 59.1 Å². The summed E-state index contributed by atoms with van der Waals surface area (Å²) in [6, 6.07) is -8.07. The first kappa shape index (κ1) is 61.6. The van der Waals surface area contributed by atoms with Crippen molar-refractivity contribution in [3.05, 3.63) is 29.8 Å². The van der Waals surface area contributed by atoms with Gasteiger partial charge in [-0.3, -0.25) is 66.6 Å². The first-order valence-electron chi connectivity index (χ1n) is 26.8. The minimum atomic E-state index is -2.53. The van der Waals surface area contributed by atoms with Gasteiger partial charge in [0, 0.05) is 74.9 Å². The Labute approximate surface area is 471 Å². The number of carbonyl (C=O) groups is 12. The lowest BCUT2D eigenvalue weighted by Gasteiger charge is -2.34. The zero-order valence-electron chi connectivity index (χ0n) is 45.2. The third-order valence-electron chi connectivity index (χ3n) is 15.3. The number of aromatic hydroxyl groups is 1. The van der Waals surface area contributed by atoms with Gasteiger partial charge in [-0.1, -0.05) is 27.2 Å². The number of hydrogen-bond donors (Lipinski definition) is 14. The molecule has 1 aromatic carbocycles. The van der Waals surface area contributed by atoms with Crippen LogP contribution in [0.5, 0.6) is 5.75 Å². The third kappa shape index (κ3) is 14.3. The SMILES string of the molecule is CC[C@H](C)[C@@H]1NC(=O)CNC(=O)[C@H]2Cc3c([nH]c4c(N5CCC(NC(=O)CCN6C(=O)C=CC6=O)CC5)c(O)ccc34)S(=O)C[C@@H](NC(=O)CNC1=O)C(=O)N[C@@H](CC(N)=O)C(=O)N1C[C@H](O)C[C@H]1C(=O)N[C@@H]([C@H](C)[C@H](O)CO)C(=O)N2. The molecule has 31 heteroatoms. The van der Waals surface area contributed by atoms with Gasteiger partial charge in [-0.15, -0.1) is 0 Å². The van der Waals surface area contributed by atoms with E-state index in [0.717, 1.165) is 22.0 Å². The van der Waals surface area contributed by atoms with Gasteiger partial charge < -0.3 is 83.5 Å². The fraction of sp³-hybridized carbons (Fsp3) is 0.569. The number of phenols is 1. The van der Waals surface area contributed by atoms with Crippen LogP contribution in [-0.2, 0) is 74.8 Å². The molecule has 2 bridgehead atoms. The van der Waals surface area contributed by atoms with E-state index in [2.05, 4.69) is 47.5 Å². The molecule has 12 amide bonds. The van der Waals surface area contributed by atoms with Crippen molar-refractivity contribution in [2.75, 3.05) is 56.5 Å². The zero-order chi connectivity index (χ0) is 59.9. The lowest BCUT2D eigenvalue weighted by molar-refractivity contribution is -0.144. The summed E-state index contributed by atoms with van der Waals surface area (Å²) in [6.07, 6.45) is -2.06. The van der Waals surface area contributed by atoms with Crippen LogP contribution in [0.1, 0.15) is 64.9 Å². The maximum atomic E-state index is 15.3. The van der Waals surface area contributed by atoms with Crippen molar-refractivity contribution >= 4 is 98.3 Å². The molecule has 7 rings (SSSR count). The standard InChI is InChI=1S/C51H69N13O17S/c1-4-23(2)41-48(78)54-18-37(71)56-31-22-82(81)50-28(27-5-6-33(67)44(43(27)61-50)62-12-9-25(10-13-62)55-36(70)11-14-63-39(73)7-8-40(63)74)16-29(45(75)53-19-38(72)59-41)57-49(79)42(24(3)34(68)21-65)60-47(77)32-15-26(66)20-64(32)51(80)30(17-35(52)69)58-46(31)76/h5-8,23-26,29-32,34,41-42,61,65-68H,4,9-22H2,1-3H3,(H2,52,69)(H,53,75)(H,54,78)(H,55,70)(H,56,71)(H,57,79)(H,58,76)(H,59,72)(H,60,77)/t23-,24+,26+,29+,30-,31+,32-,34+,41-,42-,82?/m0/s1. The monoisotopic (exact) mass is 1170 g/mol. The molecule has 446 valence electrons. The normalized spacial score (nSPS) is 27.0. The lowest BCUT2D eigenvalue weighted by atomic mass is 9.93. The number of aromatic amines is 1. The number of nitrogens with two attached hydrogens (primary N) is 1. The average molecular weight is 1170 g/mol. The molecule has 15 N–H and O–H groups in total. The molecule has 5 aliphatic heterocycles. The van der Waals surface area contributed by atoms with Gasteiger partial charge in [-0.2, -0.15) is 0 Å².